The summed E-state index contributed by atoms with van der Waals surface area (Å²) in [6.07, 6.45) is 0. The van der Waals surface area contributed by atoms with Crippen molar-refractivity contribution in [3.63, 3.8) is 0 Å². The van der Waals surface area contributed by atoms with E-state index in [4.69, 9.17) is 0 Å². The Labute approximate surface area is 127 Å². The molecule has 0 fully saturated rings. The van der Waals surface area contributed by atoms with E-state index in [9.17, 15) is 9.59 Å². The van der Waals surface area contributed by atoms with Gasteiger partial charge in [0.25, 0.3) is 0 Å². The fraction of sp³-hybridized carbons (Fsp3) is 0.111. The number of allylic oxidation sites excluding steroid dienone is 2. The highest BCUT2D eigenvalue weighted by atomic mass is 32.2. The molecule has 0 radical (unpaired) electrons. The van der Waals surface area contributed by atoms with Crippen molar-refractivity contribution in [3.05, 3.63) is 81.8 Å². The van der Waals surface area contributed by atoms with E-state index >= 15 is 0 Å². The van der Waals surface area contributed by atoms with Crippen LogP contribution < -0.4 is 0 Å². The van der Waals surface area contributed by atoms with Gasteiger partial charge in [0, 0.05) is 22.5 Å². The first-order valence-corrected chi connectivity index (χ1v) is 7.73. The zero-order valence-corrected chi connectivity index (χ0v) is 12.4. The Morgan fingerprint density at radius 2 is 1.38 bits per heavy atom. The van der Waals surface area contributed by atoms with Gasteiger partial charge >= 0.3 is 0 Å². The summed E-state index contributed by atoms with van der Waals surface area (Å²) in [5, 5.41) is 0. The smallest absolute Gasteiger partial charge is 0.200 e. The molecule has 21 heavy (non-hydrogen) atoms. The van der Waals surface area contributed by atoms with Crippen molar-refractivity contribution in [1.82, 2.24) is 0 Å². The van der Waals surface area contributed by atoms with Gasteiger partial charge in [0.2, 0.25) is 5.78 Å². The van der Waals surface area contributed by atoms with E-state index in [-0.39, 0.29) is 11.6 Å². The predicted octanol–water partition coefficient (Wildman–Crippen LogP) is 4.27. The second-order valence-corrected chi connectivity index (χ2v) is 5.92. The minimum Gasteiger partial charge on any atom is -0.289 e. The lowest BCUT2D eigenvalue weighted by Crippen LogP contribution is -2.19. The molecule has 1 aliphatic rings. The fourth-order valence-corrected chi connectivity index (χ4v) is 3.43. The standard InChI is InChI=1S/C18H14O2S/c1-12-16(19)14-9-5-6-10-15(14)17(20)18(12)21-11-13-7-3-2-4-8-13/h2-10H,11H2,1H3. The molecule has 0 spiro atoms. The van der Waals surface area contributed by atoms with Gasteiger partial charge in [-0.1, -0.05) is 54.6 Å². The summed E-state index contributed by atoms with van der Waals surface area (Å²) in [4.78, 5) is 25.5. The molecule has 0 atom stereocenters. The lowest BCUT2D eigenvalue weighted by molar-refractivity contribution is 0.0981. The van der Waals surface area contributed by atoms with E-state index in [2.05, 4.69) is 0 Å². The molecule has 0 aliphatic heterocycles. The van der Waals surface area contributed by atoms with Crippen molar-refractivity contribution in [3.8, 4) is 0 Å². The molecular formula is C18H14O2S. The second-order valence-electron chi connectivity index (χ2n) is 4.93. The van der Waals surface area contributed by atoms with Crippen LogP contribution >= 0.6 is 11.8 Å². The van der Waals surface area contributed by atoms with Crippen molar-refractivity contribution in [2.45, 2.75) is 12.7 Å². The number of hydrogen-bond donors (Lipinski definition) is 0. The van der Waals surface area contributed by atoms with Gasteiger partial charge in [-0.05, 0) is 12.5 Å². The van der Waals surface area contributed by atoms with Crippen LogP contribution in [-0.4, -0.2) is 11.6 Å². The Morgan fingerprint density at radius 1 is 0.810 bits per heavy atom. The largest absolute Gasteiger partial charge is 0.289 e. The quantitative estimate of drug-likeness (QED) is 0.847. The first-order valence-electron chi connectivity index (χ1n) is 6.74. The zero-order chi connectivity index (χ0) is 14.8. The van der Waals surface area contributed by atoms with Gasteiger partial charge in [-0.15, -0.1) is 11.8 Å². The van der Waals surface area contributed by atoms with Crippen LogP contribution in [0, 0.1) is 0 Å². The van der Waals surface area contributed by atoms with Crippen LogP contribution in [0.1, 0.15) is 33.2 Å². The minimum atomic E-state index is -0.0410. The molecule has 0 bridgehead atoms. The number of benzene rings is 2. The second kappa shape index (κ2) is 5.70. The summed E-state index contributed by atoms with van der Waals surface area (Å²) in [5.41, 5.74) is 2.73. The van der Waals surface area contributed by atoms with Crippen LogP contribution in [-0.2, 0) is 5.75 Å². The maximum Gasteiger partial charge on any atom is 0.200 e. The van der Waals surface area contributed by atoms with Crippen molar-refractivity contribution in [1.29, 1.82) is 0 Å². The monoisotopic (exact) mass is 294 g/mol. The summed E-state index contributed by atoms with van der Waals surface area (Å²) in [5.74, 6) is 0.610. The van der Waals surface area contributed by atoms with Gasteiger partial charge in [-0.3, -0.25) is 9.59 Å². The van der Waals surface area contributed by atoms with Crippen molar-refractivity contribution >= 4 is 23.3 Å². The van der Waals surface area contributed by atoms with Crippen LogP contribution in [0.3, 0.4) is 0 Å². The number of hydrogen-bond acceptors (Lipinski definition) is 3. The summed E-state index contributed by atoms with van der Waals surface area (Å²) in [6, 6.07) is 17.0. The van der Waals surface area contributed by atoms with E-state index < -0.39 is 0 Å². The van der Waals surface area contributed by atoms with Crippen molar-refractivity contribution in [2.24, 2.45) is 0 Å². The maximum atomic E-state index is 12.6. The molecule has 2 aromatic carbocycles. The van der Waals surface area contributed by atoms with Gasteiger partial charge in [0.1, 0.15) is 0 Å². The number of thioether (sulfide) groups is 1. The highest BCUT2D eigenvalue weighted by Crippen LogP contribution is 2.34. The summed E-state index contributed by atoms with van der Waals surface area (Å²) >= 11 is 1.44. The van der Waals surface area contributed by atoms with Gasteiger partial charge in [-0.2, -0.15) is 0 Å². The van der Waals surface area contributed by atoms with E-state index in [1.165, 1.54) is 11.8 Å². The number of fused-ring (bicyclic) bond motifs is 1. The average molecular weight is 294 g/mol. The first kappa shape index (κ1) is 13.8. The SMILES string of the molecule is CC1=C(SCc2ccccc2)C(=O)c2ccccc2C1=O. The summed E-state index contributed by atoms with van der Waals surface area (Å²) in [6.45, 7) is 1.74. The molecule has 0 saturated heterocycles. The predicted molar refractivity (Wildman–Crippen MR) is 85.5 cm³/mol. The lowest BCUT2D eigenvalue weighted by atomic mass is 9.90. The van der Waals surface area contributed by atoms with Gasteiger partial charge < -0.3 is 0 Å². The Kier molecular flexibility index (Phi) is 3.76. The molecule has 0 unspecified atom stereocenters. The molecule has 104 valence electrons. The Bertz CT molecular complexity index is 745. The topological polar surface area (TPSA) is 34.1 Å². The van der Waals surface area contributed by atoms with E-state index in [0.29, 0.717) is 27.4 Å². The Hall–Kier alpha value is -2.13. The molecule has 3 heteroatoms. The number of carbonyl (C=O) groups is 2. The number of carbonyl (C=O) groups excluding carboxylic acids is 2. The first-order chi connectivity index (χ1) is 10.2. The molecule has 0 N–H and O–H groups in total. The number of ketones is 2. The Morgan fingerprint density at radius 3 is 2.05 bits per heavy atom. The molecule has 0 heterocycles. The third kappa shape index (κ3) is 2.57. The molecular weight excluding hydrogens is 280 g/mol. The fourth-order valence-electron chi connectivity index (χ4n) is 2.38. The molecule has 0 aromatic heterocycles. The van der Waals surface area contributed by atoms with Gasteiger partial charge in [-0.25, -0.2) is 0 Å². The normalized spacial score (nSPS) is 14.3. The molecule has 2 nitrogen and oxygen atoms in total. The van der Waals surface area contributed by atoms with Crippen LogP contribution in [0.4, 0.5) is 0 Å². The molecule has 2 aromatic rings. The van der Waals surface area contributed by atoms with Crippen LogP contribution in [0.15, 0.2) is 65.1 Å². The number of Topliss-reactive ketones (excluding diaryl/α,β-unsaturated/α-hetero) is 2. The van der Waals surface area contributed by atoms with E-state index in [0.717, 1.165) is 5.56 Å². The summed E-state index contributed by atoms with van der Waals surface area (Å²) in [7, 11) is 0. The Balaban J connectivity index is 1.90. The van der Waals surface area contributed by atoms with E-state index in [1.807, 2.05) is 30.3 Å². The minimum absolute atomic E-state index is 0.0383. The van der Waals surface area contributed by atoms with Crippen molar-refractivity contribution in [2.75, 3.05) is 0 Å². The van der Waals surface area contributed by atoms with Crippen molar-refractivity contribution < 1.29 is 9.59 Å². The molecule has 3 rings (SSSR count). The highest BCUT2D eigenvalue weighted by Gasteiger charge is 2.29. The molecule has 0 saturated carbocycles. The maximum absolute atomic E-state index is 12.6. The van der Waals surface area contributed by atoms with Gasteiger partial charge in [0.05, 0.1) is 4.91 Å². The van der Waals surface area contributed by atoms with Crippen LogP contribution in [0.25, 0.3) is 0 Å². The zero-order valence-electron chi connectivity index (χ0n) is 11.6. The van der Waals surface area contributed by atoms with Crippen LogP contribution in [0.2, 0.25) is 0 Å². The number of rotatable bonds is 3. The highest BCUT2D eigenvalue weighted by molar-refractivity contribution is 8.03. The summed E-state index contributed by atoms with van der Waals surface area (Å²) < 4.78 is 0. The molecule has 0 amide bonds. The molecule has 1 aliphatic carbocycles. The lowest BCUT2D eigenvalue weighted by Gasteiger charge is -2.18. The third-order valence-electron chi connectivity index (χ3n) is 3.53. The van der Waals surface area contributed by atoms with E-state index in [1.54, 1.807) is 31.2 Å². The van der Waals surface area contributed by atoms with Crippen LogP contribution in [0.5, 0.6) is 0 Å². The van der Waals surface area contributed by atoms with Gasteiger partial charge in [0.15, 0.2) is 5.78 Å². The average Bonchev–Trinajstić information content (AvgIpc) is 2.54. The third-order valence-corrected chi connectivity index (χ3v) is 4.79.